The lowest BCUT2D eigenvalue weighted by Gasteiger charge is -2.03. The fourth-order valence-corrected chi connectivity index (χ4v) is 4.69. The Balaban J connectivity index is 1.41. The molecule has 0 atom stereocenters. The average molecular weight is 487 g/mol. The molecule has 0 spiro atoms. The minimum absolute atomic E-state index is 0.316. The quantitative estimate of drug-likeness (QED) is 0.183. The van der Waals surface area contributed by atoms with E-state index in [1.54, 1.807) is 44.4 Å². The molecule has 1 N–H and O–H groups in total. The summed E-state index contributed by atoms with van der Waals surface area (Å²) in [6, 6.07) is 12.1. The predicted octanol–water partition coefficient (Wildman–Crippen LogP) is 4.71. The Kier molecular flexibility index (Phi) is 6.45. The minimum atomic E-state index is -0.544. The van der Waals surface area contributed by atoms with E-state index in [0.29, 0.717) is 37.5 Å². The summed E-state index contributed by atoms with van der Waals surface area (Å²) in [5.41, 5.74) is 3.68. The molecule has 4 aromatic rings. The van der Waals surface area contributed by atoms with Crippen LogP contribution in [0.5, 0.6) is 11.5 Å². The molecule has 32 heavy (non-hydrogen) atoms. The second kappa shape index (κ2) is 9.43. The Bertz CT molecular complexity index is 1330. The first-order valence-corrected chi connectivity index (χ1v) is 11.1. The Morgan fingerprint density at radius 3 is 2.56 bits per heavy atom. The van der Waals surface area contributed by atoms with E-state index in [9.17, 15) is 9.59 Å². The maximum absolute atomic E-state index is 12.6. The van der Waals surface area contributed by atoms with Gasteiger partial charge in [-0.3, -0.25) is 4.79 Å². The molecule has 0 unspecified atom stereocenters. The highest BCUT2D eigenvalue weighted by molar-refractivity contribution is 7.21. The second-order valence-electron chi connectivity index (χ2n) is 6.45. The number of hydrogen-bond acceptors (Lipinski definition) is 9. The average Bonchev–Trinajstić information content (AvgIpc) is 3.37. The van der Waals surface area contributed by atoms with E-state index in [0.717, 1.165) is 21.6 Å². The third kappa shape index (κ3) is 4.62. The van der Waals surface area contributed by atoms with Gasteiger partial charge in [0.25, 0.3) is 5.91 Å². The summed E-state index contributed by atoms with van der Waals surface area (Å²) in [7, 11) is 1.58. The largest absolute Gasteiger partial charge is 0.497 e. The monoisotopic (exact) mass is 486 g/mol. The van der Waals surface area contributed by atoms with Gasteiger partial charge in [0.1, 0.15) is 21.3 Å². The van der Waals surface area contributed by atoms with E-state index >= 15 is 0 Å². The molecular formula is C21H15ClN4O4S2. The number of aromatic nitrogens is 2. The van der Waals surface area contributed by atoms with E-state index in [4.69, 9.17) is 21.1 Å². The van der Waals surface area contributed by atoms with Crippen LogP contribution in [0.15, 0.2) is 47.6 Å². The lowest BCUT2D eigenvalue weighted by molar-refractivity contribution is 0.0739. The molecule has 1 amide bonds. The van der Waals surface area contributed by atoms with Gasteiger partial charge in [-0.25, -0.2) is 10.2 Å². The summed E-state index contributed by atoms with van der Waals surface area (Å²) in [4.78, 5) is 25.3. The van der Waals surface area contributed by atoms with Crippen LogP contribution in [0.3, 0.4) is 0 Å². The number of hydrazone groups is 1. The number of amides is 1. The van der Waals surface area contributed by atoms with Crippen molar-refractivity contribution in [3.63, 3.8) is 0 Å². The van der Waals surface area contributed by atoms with Crippen LogP contribution in [0, 0.1) is 6.92 Å². The molecule has 2 heterocycles. The van der Waals surface area contributed by atoms with E-state index in [2.05, 4.69) is 20.1 Å². The third-order valence-corrected chi connectivity index (χ3v) is 6.81. The van der Waals surface area contributed by atoms with Crippen LogP contribution in [0.1, 0.15) is 30.6 Å². The molecule has 0 fully saturated rings. The van der Waals surface area contributed by atoms with Gasteiger partial charge < -0.3 is 9.47 Å². The maximum Gasteiger partial charge on any atom is 0.355 e. The van der Waals surface area contributed by atoms with Crippen molar-refractivity contribution in [2.75, 3.05) is 7.11 Å². The lowest BCUT2D eigenvalue weighted by Crippen LogP contribution is -2.17. The van der Waals surface area contributed by atoms with Crippen molar-refractivity contribution in [1.82, 2.24) is 15.0 Å². The lowest BCUT2D eigenvalue weighted by atomic mass is 10.2. The number of hydrogen-bond donors (Lipinski definition) is 1. The number of halogens is 1. The smallest absolute Gasteiger partial charge is 0.355 e. The molecule has 11 heteroatoms. The van der Waals surface area contributed by atoms with Gasteiger partial charge in [-0.15, -0.1) is 16.4 Å². The standard InChI is InChI=1S/C21H15ClN4O4S2/c1-11-18(32-26-24-11)20(27)25-23-10-12-3-5-13(6-4-12)30-21(28)19-17(22)15-8-7-14(29-2)9-16(15)31-19/h3-10H,1-2H3,(H,25,27)/b23-10+. The number of nitrogens with zero attached hydrogens (tertiary/aromatic N) is 3. The molecule has 0 saturated carbocycles. The van der Waals surface area contributed by atoms with Crippen LogP contribution in [0.4, 0.5) is 0 Å². The van der Waals surface area contributed by atoms with Crippen LogP contribution < -0.4 is 14.9 Å². The molecule has 0 saturated heterocycles. The number of aryl methyl sites for hydroxylation is 1. The first kappa shape index (κ1) is 21.9. The summed E-state index contributed by atoms with van der Waals surface area (Å²) in [6.07, 6.45) is 1.48. The Morgan fingerprint density at radius 2 is 1.88 bits per heavy atom. The summed E-state index contributed by atoms with van der Waals surface area (Å²) >= 11 is 8.62. The highest BCUT2D eigenvalue weighted by Gasteiger charge is 2.19. The number of ether oxygens (including phenoxy) is 2. The van der Waals surface area contributed by atoms with Crippen LogP contribution in [-0.4, -0.2) is 34.8 Å². The molecule has 2 aromatic heterocycles. The van der Waals surface area contributed by atoms with Gasteiger partial charge in [0.05, 0.1) is 24.0 Å². The summed E-state index contributed by atoms with van der Waals surface area (Å²) in [5.74, 6) is 0.116. The van der Waals surface area contributed by atoms with Crippen LogP contribution in [0.2, 0.25) is 5.02 Å². The molecule has 2 aromatic carbocycles. The van der Waals surface area contributed by atoms with Crippen molar-refractivity contribution in [3.05, 3.63) is 68.5 Å². The number of methoxy groups -OCH3 is 1. The SMILES string of the molecule is COc1ccc2c(Cl)c(C(=O)Oc3ccc(/C=N/NC(=O)c4snnc4C)cc3)sc2c1. The number of fused-ring (bicyclic) bond motifs is 1. The van der Waals surface area contributed by atoms with Crippen molar-refractivity contribution in [1.29, 1.82) is 0 Å². The van der Waals surface area contributed by atoms with Gasteiger partial charge in [0, 0.05) is 10.1 Å². The molecule has 0 radical (unpaired) electrons. The third-order valence-electron chi connectivity index (χ3n) is 4.35. The fraction of sp³-hybridized carbons (Fsp3) is 0.0952. The Labute approximate surface area is 195 Å². The summed E-state index contributed by atoms with van der Waals surface area (Å²) < 4.78 is 15.2. The zero-order valence-electron chi connectivity index (χ0n) is 16.8. The molecule has 0 aliphatic rings. The number of esters is 1. The molecule has 8 nitrogen and oxygen atoms in total. The molecule has 162 valence electrons. The van der Waals surface area contributed by atoms with Gasteiger partial charge in [0.15, 0.2) is 0 Å². The van der Waals surface area contributed by atoms with E-state index in [-0.39, 0.29) is 5.91 Å². The second-order valence-corrected chi connectivity index (χ2v) is 8.64. The molecule has 0 bridgehead atoms. The van der Waals surface area contributed by atoms with Crippen LogP contribution >= 0.6 is 34.5 Å². The Morgan fingerprint density at radius 1 is 1.12 bits per heavy atom. The van der Waals surface area contributed by atoms with Crippen LogP contribution in [0.25, 0.3) is 10.1 Å². The normalized spacial score (nSPS) is 11.1. The van der Waals surface area contributed by atoms with Crippen LogP contribution in [-0.2, 0) is 0 Å². The zero-order valence-corrected chi connectivity index (χ0v) is 19.2. The highest BCUT2D eigenvalue weighted by atomic mass is 35.5. The zero-order chi connectivity index (χ0) is 22.7. The number of nitrogens with one attached hydrogen (secondary N) is 1. The molecule has 0 aliphatic carbocycles. The topological polar surface area (TPSA) is 103 Å². The van der Waals surface area contributed by atoms with Crippen molar-refractivity contribution in [3.8, 4) is 11.5 Å². The summed E-state index contributed by atoms with van der Waals surface area (Å²) in [6.45, 7) is 1.70. The van der Waals surface area contributed by atoms with Gasteiger partial charge in [0.2, 0.25) is 0 Å². The van der Waals surface area contributed by atoms with E-state index < -0.39 is 5.97 Å². The molecule has 0 aliphatic heterocycles. The van der Waals surface area contributed by atoms with Crippen molar-refractivity contribution >= 4 is 62.6 Å². The minimum Gasteiger partial charge on any atom is -0.497 e. The molecule has 4 rings (SSSR count). The van der Waals surface area contributed by atoms with Gasteiger partial charge in [-0.1, -0.05) is 16.1 Å². The highest BCUT2D eigenvalue weighted by Crippen LogP contribution is 2.37. The predicted molar refractivity (Wildman–Crippen MR) is 124 cm³/mol. The van der Waals surface area contributed by atoms with E-state index in [1.807, 2.05) is 12.1 Å². The van der Waals surface area contributed by atoms with Crippen molar-refractivity contribution in [2.24, 2.45) is 5.10 Å². The van der Waals surface area contributed by atoms with Gasteiger partial charge >= 0.3 is 5.97 Å². The number of rotatable bonds is 6. The van der Waals surface area contributed by atoms with Crippen molar-refractivity contribution < 1.29 is 19.1 Å². The maximum atomic E-state index is 12.6. The Hall–Kier alpha value is -3.34. The number of thiophene rings is 1. The fourth-order valence-electron chi connectivity index (χ4n) is 2.73. The number of benzene rings is 2. The van der Waals surface area contributed by atoms with Gasteiger partial charge in [-0.2, -0.15) is 5.10 Å². The number of carbonyl (C=O) groups excluding carboxylic acids is 2. The van der Waals surface area contributed by atoms with Crippen molar-refractivity contribution in [2.45, 2.75) is 6.92 Å². The van der Waals surface area contributed by atoms with E-state index in [1.165, 1.54) is 17.6 Å². The summed E-state index contributed by atoms with van der Waals surface area (Å²) in [5, 5.41) is 8.82. The number of carbonyl (C=O) groups is 2. The van der Waals surface area contributed by atoms with Gasteiger partial charge in [-0.05, 0) is 66.5 Å². The first-order chi connectivity index (χ1) is 15.5. The molecular weight excluding hydrogens is 472 g/mol. The first-order valence-electron chi connectivity index (χ1n) is 9.17.